The third-order valence-electron chi connectivity index (χ3n) is 2.06. The van der Waals surface area contributed by atoms with Crippen molar-refractivity contribution in [2.24, 2.45) is 0 Å². The maximum atomic E-state index is 11.4. The van der Waals surface area contributed by atoms with Crippen molar-refractivity contribution in [2.75, 3.05) is 11.5 Å². The average molecular weight is 300 g/mol. The Morgan fingerprint density at radius 3 is 2.69 bits per heavy atom. The lowest BCUT2D eigenvalue weighted by Crippen LogP contribution is -2.38. The number of thiol groups is 1. The minimum absolute atomic E-state index is 0.162. The monoisotopic (exact) mass is 300 g/mol. The topological polar surface area (TPSA) is 71.4 Å². The molecule has 1 saturated heterocycles. The highest BCUT2D eigenvalue weighted by molar-refractivity contribution is 8.21. The van der Waals surface area contributed by atoms with Crippen LogP contribution in [0.1, 0.15) is 0 Å². The molecule has 0 bridgehead atoms. The van der Waals surface area contributed by atoms with Gasteiger partial charge in [0.25, 0.3) is 10.1 Å². The number of carbonyl (C=O) groups excluding carboxylic acids is 1. The molecule has 0 radical (unpaired) electrons. The van der Waals surface area contributed by atoms with Crippen LogP contribution in [0.4, 0.5) is 0 Å². The van der Waals surface area contributed by atoms with Crippen LogP contribution in [0.3, 0.4) is 0 Å². The van der Waals surface area contributed by atoms with E-state index in [0.717, 1.165) is 6.08 Å². The number of hydrogen-bond acceptors (Lipinski definition) is 6. The number of carbonyl (C=O) groups is 1. The first kappa shape index (κ1) is 14.4. The molecule has 3 atom stereocenters. The van der Waals surface area contributed by atoms with Crippen molar-refractivity contribution >= 4 is 52.1 Å². The summed E-state index contributed by atoms with van der Waals surface area (Å²) in [7, 11) is -4.37. The predicted molar refractivity (Wildman–Crippen MR) is 72.0 cm³/mol. The zero-order chi connectivity index (χ0) is 12.3. The number of allylic oxidation sites excluding steroid dienone is 1. The molecule has 1 aliphatic heterocycles. The summed E-state index contributed by atoms with van der Waals surface area (Å²) in [5.74, 6) is 0.465. The lowest BCUT2D eigenvalue weighted by Gasteiger charge is -2.16. The smallest absolute Gasteiger partial charge is 0.276 e. The molecule has 8 heteroatoms. The van der Waals surface area contributed by atoms with Crippen molar-refractivity contribution < 1.29 is 17.8 Å². The third-order valence-corrected chi connectivity index (χ3v) is 7.60. The highest BCUT2D eigenvalue weighted by Gasteiger charge is 2.41. The molecule has 0 amide bonds. The lowest BCUT2D eigenvalue weighted by molar-refractivity contribution is -0.114. The molecule has 1 aliphatic rings. The van der Waals surface area contributed by atoms with E-state index in [2.05, 4.69) is 19.2 Å². The maximum Gasteiger partial charge on any atom is 0.276 e. The third kappa shape index (κ3) is 3.43. The number of rotatable bonds is 5. The summed E-state index contributed by atoms with van der Waals surface area (Å²) in [6.07, 6.45) is 0.942. The fraction of sp³-hybridized carbons (Fsp3) is 0.625. The van der Waals surface area contributed by atoms with Crippen LogP contribution in [-0.4, -0.2) is 45.3 Å². The summed E-state index contributed by atoms with van der Waals surface area (Å²) in [5, 5.41) is -1.82. The van der Waals surface area contributed by atoms with E-state index in [9.17, 15) is 13.2 Å². The largest absolute Gasteiger partial charge is 0.293 e. The molecule has 4 nitrogen and oxygen atoms in total. The Morgan fingerprint density at radius 2 is 2.31 bits per heavy atom. The van der Waals surface area contributed by atoms with Crippen molar-refractivity contribution in [3.8, 4) is 0 Å². The second-order valence-electron chi connectivity index (χ2n) is 3.16. The van der Waals surface area contributed by atoms with Crippen molar-refractivity contribution in [2.45, 2.75) is 15.1 Å². The number of thioether (sulfide) groups is 2. The van der Waals surface area contributed by atoms with Gasteiger partial charge in [-0.1, -0.05) is 6.58 Å². The van der Waals surface area contributed by atoms with Gasteiger partial charge in [-0.05, 0) is 6.08 Å². The van der Waals surface area contributed by atoms with E-state index < -0.39 is 26.4 Å². The predicted octanol–water partition coefficient (Wildman–Crippen LogP) is 1.10. The molecule has 0 aromatic heterocycles. The van der Waals surface area contributed by atoms with E-state index in [1.54, 1.807) is 11.8 Å². The van der Waals surface area contributed by atoms with Gasteiger partial charge in [0.15, 0.2) is 11.0 Å². The summed E-state index contributed by atoms with van der Waals surface area (Å²) in [6.45, 7) is 3.25. The molecular weight excluding hydrogens is 288 g/mol. The molecule has 0 spiro atoms. The first-order valence-corrected chi connectivity index (χ1v) is 8.53. The van der Waals surface area contributed by atoms with Gasteiger partial charge in [-0.2, -0.15) is 21.0 Å². The minimum Gasteiger partial charge on any atom is -0.293 e. The fourth-order valence-electron chi connectivity index (χ4n) is 1.37. The Balaban J connectivity index is 2.88. The van der Waals surface area contributed by atoms with Crippen molar-refractivity contribution in [1.29, 1.82) is 0 Å². The van der Waals surface area contributed by atoms with Gasteiger partial charge in [0, 0.05) is 16.8 Å². The van der Waals surface area contributed by atoms with E-state index in [0.29, 0.717) is 11.5 Å². The van der Waals surface area contributed by atoms with E-state index >= 15 is 0 Å². The zero-order valence-electron chi connectivity index (χ0n) is 8.27. The highest BCUT2D eigenvalue weighted by Crippen LogP contribution is 2.41. The van der Waals surface area contributed by atoms with Gasteiger partial charge in [-0.3, -0.25) is 9.35 Å². The van der Waals surface area contributed by atoms with Crippen molar-refractivity contribution in [1.82, 2.24) is 0 Å². The van der Waals surface area contributed by atoms with Crippen LogP contribution in [-0.2, 0) is 14.9 Å². The van der Waals surface area contributed by atoms with Crippen LogP contribution in [0.5, 0.6) is 0 Å². The van der Waals surface area contributed by atoms with E-state index in [4.69, 9.17) is 4.55 Å². The molecule has 0 aromatic carbocycles. The highest BCUT2D eigenvalue weighted by atomic mass is 32.2. The van der Waals surface area contributed by atoms with Gasteiger partial charge in [-0.15, -0.1) is 23.5 Å². The standard InChI is InChI=1S/C8H12O4S4/c1-2-5(9)8(16(10,11)12)6-4-14-7(3-13)15-6/h2,6-8,13H,1,3-4H2,(H,10,11,12). The van der Waals surface area contributed by atoms with Crippen LogP contribution in [0.15, 0.2) is 12.7 Å². The molecule has 1 N–H and O–H groups in total. The maximum absolute atomic E-state index is 11.4. The summed E-state index contributed by atoms with van der Waals surface area (Å²) in [5.41, 5.74) is 0. The Hall–Kier alpha value is 0.370. The molecule has 92 valence electrons. The minimum atomic E-state index is -4.37. The van der Waals surface area contributed by atoms with Crippen LogP contribution >= 0.6 is 36.2 Å². The number of hydrogen-bond donors (Lipinski definition) is 2. The van der Waals surface area contributed by atoms with E-state index in [1.807, 2.05) is 0 Å². The second-order valence-corrected chi connectivity index (χ2v) is 8.05. The van der Waals surface area contributed by atoms with Gasteiger partial charge in [0.1, 0.15) is 0 Å². The molecular formula is C8H12O4S4. The Bertz CT molecular complexity index is 377. The van der Waals surface area contributed by atoms with Crippen LogP contribution in [0.25, 0.3) is 0 Å². The van der Waals surface area contributed by atoms with E-state index in [-0.39, 0.29) is 4.58 Å². The fourth-order valence-corrected chi connectivity index (χ4v) is 6.53. The number of ketones is 1. The Labute approximate surface area is 109 Å². The molecule has 0 aliphatic carbocycles. The van der Waals surface area contributed by atoms with Crippen molar-refractivity contribution in [3.05, 3.63) is 12.7 Å². The Kier molecular flexibility index (Phi) is 5.24. The molecule has 1 fully saturated rings. The molecule has 16 heavy (non-hydrogen) atoms. The quantitative estimate of drug-likeness (QED) is 0.450. The Morgan fingerprint density at radius 1 is 1.69 bits per heavy atom. The summed E-state index contributed by atoms with van der Waals surface area (Å²) >= 11 is 7.03. The average Bonchev–Trinajstić information content (AvgIpc) is 2.64. The molecule has 3 unspecified atom stereocenters. The van der Waals surface area contributed by atoms with E-state index in [1.165, 1.54) is 11.8 Å². The molecule has 1 rings (SSSR count). The molecule has 1 heterocycles. The normalized spacial score (nSPS) is 27.6. The van der Waals surface area contributed by atoms with Crippen LogP contribution in [0.2, 0.25) is 0 Å². The first-order chi connectivity index (χ1) is 7.40. The zero-order valence-corrected chi connectivity index (χ0v) is 11.6. The SMILES string of the molecule is C=CC(=O)C(C1CSC(CS)S1)S(=O)(=O)O. The molecule has 0 aromatic rings. The van der Waals surface area contributed by atoms with Gasteiger partial charge in [0.05, 0.1) is 4.58 Å². The summed E-state index contributed by atoms with van der Waals surface area (Å²) in [6, 6.07) is 0. The van der Waals surface area contributed by atoms with Gasteiger partial charge in [-0.25, -0.2) is 0 Å². The van der Waals surface area contributed by atoms with Crippen LogP contribution < -0.4 is 0 Å². The van der Waals surface area contributed by atoms with Crippen molar-refractivity contribution in [3.63, 3.8) is 0 Å². The molecule has 0 saturated carbocycles. The second kappa shape index (κ2) is 5.81. The van der Waals surface area contributed by atoms with Gasteiger partial charge in [0.2, 0.25) is 0 Å². The summed E-state index contributed by atoms with van der Waals surface area (Å²) in [4.78, 5) is 11.4. The summed E-state index contributed by atoms with van der Waals surface area (Å²) < 4.78 is 31.5. The van der Waals surface area contributed by atoms with Crippen LogP contribution in [0, 0.1) is 0 Å². The lowest BCUT2D eigenvalue weighted by atomic mass is 10.2. The van der Waals surface area contributed by atoms with Gasteiger partial charge >= 0.3 is 0 Å². The first-order valence-electron chi connectivity index (χ1n) is 4.40. The van der Waals surface area contributed by atoms with Gasteiger partial charge < -0.3 is 0 Å².